The Balaban J connectivity index is 0.00000121. The normalized spacial score (nSPS) is 16.5. The molecule has 1 radical (unpaired) electrons. The summed E-state index contributed by atoms with van der Waals surface area (Å²) >= 11 is 0. The van der Waals surface area contributed by atoms with Crippen molar-refractivity contribution in [2.45, 2.75) is 45.6 Å². The molecule has 0 unspecified atom stereocenters. The summed E-state index contributed by atoms with van der Waals surface area (Å²) in [6, 6.07) is 9.31. The van der Waals surface area contributed by atoms with E-state index in [1.807, 2.05) is 0 Å². The first-order valence-corrected chi connectivity index (χ1v) is 15.5. The van der Waals surface area contributed by atoms with Gasteiger partial charge in [-0.25, -0.2) is 0 Å². The molecule has 6 heteroatoms. The van der Waals surface area contributed by atoms with Crippen molar-refractivity contribution in [3.05, 3.63) is 47.6 Å². The molecule has 2 aromatic carbocycles. The Labute approximate surface area is 197 Å². The summed E-state index contributed by atoms with van der Waals surface area (Å²) in [6.45, 7) is 12.6. The molecule has 1 aliphatic carbocycles. The number of halogens is 2. The number of rotatable bonds is 5. The van der Waals surface area contributed by atoms with Gasteiger partial charge in [0, 0.05) is 14.7 Å². The molecule has 0 bridgehead atoms. The van der Waals surface area contributed by atoms with Crippen molar-refractivity contribution in [1.29, 1.82) is 0 Å². The van der Waals surface area contributed by atoms with Crippen LogP contribution in [0.2, 0.25) is 32.7 Å². The summed E-state index contributed by atoms with van der Waals surface area (Å²) < 4.78 is 6.09. The summed E-state index contributed by atoms with van der Waals surface area (Å²) in [6.07, 6.45) is 6.76. The first-order chi connectivity index (χ1) is 11.3. The monoisotopic (exact) mass is 511 g/mol. The van der Waals surface area contributed by atoms with E-state index in [0.29, 0.717) is 0 Å². The van der Waals surface area contributed by atoms with E-state index in [2.05, 4.69) is 69.2 Å². The second kappa shape index (κ2) is 8.89. The van der Waals surface area contributed by atoms with Gasteiger partial charge in [-0.2, -0.15) is 10.4 Å². The molecule has 0 amide bonds. The van der Waals surface area contributed by atoms with Crippen LogP contribution in [-0.2, 0) is 30.6 Å². The topological polar surface area (TPSA) is 9.23 Å². The first-order valence-electron chi connectivity index (χ1n) is 9.05. The van der Waals surface area contributed by atoms with Crippen LogP contribution in [0.25, 0.3) is 16.3 Å². The molecule has 4 rings (SSSR count). The predicted molar refractivity (Wildman–Crippen MR) is 111 cm³/mol. The van der Waals surface area contributed by atoms with Gasteiger partial charge in [0.2, 0.25) is 0 Å². The zero-order valence-electron chi connectivity index (χ0n) is 16.7. The van der Waals surface area contributed by atoms with E-state index < -0.39 is 16.4 Å². The number of allylic oxidation sites excluding steroid dienone is 3. The zero-order valence-corrected chi connectivity index (χ0v) is 22.7. The van der Waals surface area contributed by atoms with Crippen LogP contribution in [0.3, 0.4) is 0 Å². The molecule has 27 heavy (non-hydrogen) atoms. The third-order valence-corrected chi connectivity index (χ3v) is 9.74. The second-order valence-corrected chi connectivity index (χ2v) is 17.5. The number of fused-ring (bicyclic) bond motifs is 3. The molecule has 1 heterocycles. The SMILES string of the molecule is C[Si](C)(C)OCCC1=C(c2cccc3[cH-]c4c(c23)[Si]4(C)C)CC=C1.[Cl-].[Cl-].[Zr+3]. The minimum Gasteiger partial charge on any atom is -1.00 e. The summed E-state index contributed by atoms with van der Waals surface area (Å²) in [5.74, 6) is 0. The molecule has 1 nitrogen and oxygen atoms in total. The van der Waals surface area contributed by atoms with Gasteiger partial charge < -0.3 is 29.2 Å². The molecule has 0 atom stereocenters. The van der Waals surface area contributed by atoms with Crippen LogP contribution in [0.5, 0.6) is 0 Å². The second-order valence-electron chi connectivity index (χ2n) is 8.65. The number of hydrogen-bond acceptors (Lipinski definition) is 1. The summed E-state index contributed by atoms with van der Waals surface area (Å²) in [7, 11) is -2.62. The fraction of sp³-hybridized carbons (Fsp3) is 0.381. The summed E-state index contributed by atoms with van der Waals surface area (Å²) in [5, 5.41) is 6.40. The average molecular weight is 514 g/mol. The van der Waals surface area contributed by atoms with Crippen molar-refractivity contribution >= 4 is 43.1 Å². The van der Waals surface area contributed by atoms with E-state index in [1.54, 1.807) is 15.8 Å². The third-order valence-electron chi connectivity index (χ3n) is 5.41. The van der Waals surface area contributed by atoms with Crippen LogP contribution in [0.1, 0.15) is 18.4 Å². The molecule has 0 N–H and O–H groups in total. The Morgan fingerprint density at radius 1 is 1.15 bits per heavy atom. The number of benzene rings is 1. The van der Waals surface area contributed by atoms with Crippen LogP contribution in [0.4, 0.5) is 0 Å². The maximum absolute atomic E-state index is 6.09. The fourth-order valence-corrected chi connectivity index (χ4v) is 8.19. The van der Waals surface area contributed by atoms with Crippen molar-refractivity contribution in [2.75, 3.05) is 6.61 Å². The van der Waals surface area contributed by atoms with Crippen LogP contribution in [0.15, 0.2) is 42.0 Å². The Morgan fingerprint density at radius 2 is 1.85 bits per heavy atom. The molecule has 143 valence electrons. The van der Waals surface area contributed by atoms with Crippen molar-refractivity contribution in [1.82, 2.24) is 0 Å². The number of hydrogen-bond donors (Lipinski definition) is 0. The predicted octanol–water partition coefficient (Wildman–Crippen LogP) is -1.34. The van der Waals surface area contributed by atoms with E-state index in [9.17, 15) is 0 Å². The summed E-state index contributed by atoms with van der Waals surface area (Å²) in [4.78, 5) is 0. The Kier molecular flexibility index (Phi) is 8.30. The van der Waals surface area contributed by atoms with Gasteiger partial charge in [-0.1, -0.05) is 36.9 Å². The van der Waals surface area contributed by atoms with Gasteiger partial charge >= 0.3 is 26.2 Å². The molecule has 0 spiro atoms. The standard InChI is InChI=1S/C21H27OSi2.2ClH.Zr/c1-23(2,3)22-13-12-15-8-6-10-17(15)18-11-7-9-16-14-19-21(20(16)18)24(19,4)5;;;/h6-9,11,14H,10,12-13H2,1-5H3;2*1H;/q-1;;;+3/p-2. The van der Waals surface area contributed by atoms with Crippen molar-refractivity contribution in [3.63, 3.8) is 0 Å². The third kappa shape index (κ3) is 4.68. The molecule has 0 saturated heterocycles. The Hall–Kier alpha value is 0.167. The van der Waals surface area contributed by atoms with E-state index in [-0.39, 0.29) is 51.0 Å². The molecule has 1 aliphatic heterocycles. The average Bonchev–Trinajstić information content (AvgIpc) is 2.92. The van der Waals surface area contributed by atoms with Crippen molar-refractivity contribution in [2.24, 2.45) is 0 Å². The molecule has 0 fully saturated rings. The van der Waals surface area contributed by atoms with E-state index in [1.165, 1.54) is 22.1 Å². The maximum atomic E-state index is 6.09. The summed E-state index contributed by atoms with van der Waals surface area (Å²) in [5.41, 5.74) is 4.50. The minimum atomic E-state index is -1.42. The maximum Gasteiger partial charge on any atom is 3.00 e. The van der Waals surface area contributed by atoms with Gasteiger partial charge in [0.25, 0.3) is 0 Å². The molecular formula is C21H27Cl2OSi2Zr. The fourth-order valence-electron chi connectivity index (χ4n) is 4.11. The quantitative estimate of drug-likeness (QED) is 0.355. The zero-order chi connectivity index (χ0) is 17.1. The van der Waals surface area contributed by atoms with Crippen molar-refractivity contribution < 1.29 is 55.4 Å². The van der Waals surface area contributed by atoms with E-state index in [0.717, 1.165) is 19.4 Å². The van der Waals surface area contributed by atoms with Crippen LogP contribution in [-0.4, -0.2) is 23.0 Å². The first kappa shape index (κ1) is 25.2. The minimum absolute atomic E-state index is 0. The molecule has 2 aromatic rings. The van der Waals surface area contributed by atoms with E-state index in [4.69, 9.17) is 4.43 Å². The molecular weight excluding hydrogens is 487 g/mol. The van der Waals surface area contributed by atoms with Gasteiger partial charge in [0.15, 0.2) is 8.32 Å². The van der Waals surface area contributed by atoms with Gasteiger partial charge in [-0.05, 0) is 43.6 Å². The van der Waals surface area contributed by atoms with Gasteiger partial charge in [-0.15, -0.1) is 29.0 Å². The molecule has 0 saturated carbocycles. The largest absolute Gasteiger partial charge is 3.00 e. The van der Waals surface area contributed by atoms with Gasteiger partial charge in [0.05, 0.1) is 0 Å². The Bertz CT molecular complexity index is 891. The van der Waals surface area contributed by atoms with Crippen LogP contribution in [0, 0.1) is 0 Å². The molecule has 2 aliphatic rings. The van der Waals surface area contributed by atoms with Crippen molar-refractivity contribution in [3.8, 4) is 0 Å². The smallest absolute Gasteiger partial charge is 1.00 e. The molecule has 0 aromatic heterocycles. The Morgan fingerprint density at radius 3 is 2.52 bits per heavy atom. The van der Waals surface area contributed by atoms with Crippen LogP contribution < -0.4 is 35.2 Å². The van der Waals surface area contributed by atoms with E-state index >= 15 is 0 Å². The van der Waals surface area contributed by atoms with Crippen LogP contribution >= 0.6 is 0 Å². The van der Waals surface area contributed by atoms with Gasteiger partial charge in [0.1, 0.15) is 0 Å². The van der Waals surface area contributed by atoms with Gasteiger partial charge in [-0.3, -0.25) is 0 Å².